The molecule has 1 aromatic rings. The number of hydrogen-bond donors (Lipinski definition) is 2. The maximum Gasteiger partial charge on any atom is 0.188 e. The third-order valence-corrected chi connectivity index (χ3v) is 2.52. The van der Waals surface area contributed by atoms with E-state index in [4.69, 9.17) is 10.5 Å². The molecule has 0 heterocycles. The van der Waals surface area contributed by atoms with Gasteiger partial charge < -0.3 is 15.8 Å². The molecule has 0 saturated carbocycles. The Labute approximate surface area is 110 Å². The third-order valence-electron chi connectivity index (χ3n) is 2.00. The van der Waals surface area contributed by atoms with Gasteiger partial charge in [-0.05, 0) is 30.7 Å². The molecule has 0 saturated heterocycles. The van der Waals surface area contributed by atoms with Gasteiger partial charge in [0.1, 0.15) is 12.4 Å². The first kappa shape index (κ1) is 13.8. The molecule has 94 valence electrons. The van der Waals surface area contributed by atoms with Gasteiger partial charge in [0.15, 0.2) is 5.96 Å². The van der Waals surface area contributed by atoms with Gasteiger partial charge in [0, 0.05) is 11.0 Å². The summed E-state index contributed by atoms with van der Waals surface area (Å²) in [6, 6.07) is 7.72. The van der Waals surface area contributed by atoms with E-state index in [1.54, 1.807) is 0 Å². The minimum Gasteiger partial charge on any atom is -0.492 e. The first-order valence-corrected chi connectivity index (χ1v) is 6.44. The fraction of sp³-hybridized carbons (Fsp3) is 0.417. The van der Waals surface area contributed by atoms with E-state index >= 15 is 0 Å². The fourth-order valence-corrected chi connectivity index (χ4v) is 1.43. The van der Waals surface area contributed by atoms with E-state index in [1.807, 2.05) is 24.3 Å². The fourth-order valence-electron chi connectivity index (χ4n) is 1.17. The van der Waals surface area contributed by atoms with Crippen LogP contribution in [0.5, 0.6) is 5.75 Å². The highest BCUT2D eigenvalue weighted by Crippen LogP contribution is 2.15. The topological polar surface area (TPSA) is 59.6 Å². The van der Waals surface area contributed by atoms with Gasteiger partial charge in [-0.25, -0.2) is 0 Å². The average Bonchev–Trinajstić information content (AvgIpc) is 2.34. The standard InChI is InChI=1S/C12H18BrN3O/c1-2-7-15-12(14)16-8-9-17-11-5-3-10(13)4-6-11/h3-6H,2,7-9H2,1H3,(H3,14,15,16). The molecule has 4 nitrogen and oxygen atoms in total. The Bertz CT molecular complexity index is 351. The van der Waals surface area contributed by atoms with Gasteiger partial charge in [0.2, 0.25) is 0 Å². The highest BCUT2D eigenvalue weighted by molar-refractivity contribution is 9.10. The van der Waals surface area contributed by atoms with E-state index in [2.05, 4.69) is 33.2 Å². The number of ether oxygens (including phenoxy) is 1. The van der Waals surface area contributed by atoms with Crippen molar-refractivity contribution in [3.05, 3.63) is 28.7 Å². The molecule has 0 aliphatic carbocycles. The van der Waals surface area contributed by atoms with E-state index in [1.165, 1.54) is 0 Å². The second kappa shape index (κ2) is 7.95. The van der Waals surface area contributed by atoms with Crippen LogP contribution in [-0.4, -0.2) is 25.7 Å². The smallest absolute Gasteiger partial charge is 0.188 e. The zero-order valence-corrected chi connectivity index (χ0v) is 11.5. The first-order valence-electron chi connectivity index (χ1n) is 5.64. The largest absolute Gasteiger partial charge is 0.492 e. The van der Waals surface area contributed by atoms with Crippen LogP contribution in [0.1, 0.15) is 13.3 Å². The van der Waals surface area contributed by atoms with Gasteiger partial charge in [-0.2, -0.15) is 0 Å². The highest BCUT2D eigenvalue weighted by atomic mass is 79.9. The summed E-state index contributed by atoms with van der Waals surface area (Å²) in [5.74, 6) is 1.32. The lowest BCUT2D eigenvalue weighted by Crippen LogP contribution is -2.34. The summed E-state index contributed by atoms with van der Waals surface area (Å²) in [7, 11) is 0. The zero-order chi connectivity index (χ0) is 12.5. The van der Waals surface area contributed by atoms with E-state index in [0.717, 1.165) is 23.2 Å². The summed E-state index contributed by atoms with van der Waals surface area (Å²) in [6.07, 6.45) is 0.998. The van der Waals surface area contributed by atoms with Gasteiger partial charge >= 0.3 is 0 Å². The van der Waals surface area contributed by atoms with E-state index in [0.29, 0.717) is 19.1 Å². The van der Waals surface area contributed by atoms with E-state index in [9.17, 15) is 0 Å². The number of hydrogen-bond acceptors (Lipinski definition) is 2. The Kier molecular flexibility index (Phi) is 6.47. The third kappa shape index (κ3) is 6.16. The Morgan fingerprint density at radius 2 is 2.12 bits per heavy atom. The Hall–Kier alpha value is -1.23. The number of benzene rings is 1. The zero-order valence-electron chi connectivity index (χ0n) is 9.95. The molecule has 0 spiro atoms. The van der Waals surface area contributed by atoms with Crippen LogP contribution in [0, 0.1) is 0 Å². The van der Waals surface area contributed by atoms with Crippen LogP contribution in [0.3, 0.4) is 0 Å². The number of halogens is 1. The second-order valence-electron chi connectivity index (χ2n) is 3.50. The number of nitrogens with two attached hydrogens (primary N) is 1. The van der Waals surface area contributed by atoms with Crippen molar-refractivity contribution >= 4 is 21.9 Å². The Morgan fingerprint density at radius 1 is 1.41 bits per heavy atom. The molecular weight excluding hydrogens is 282 g/mol. The molecule has 0 bridgehead atoms. The molecule has 0 atom stereocenters. The van der Waals surface area contributed by atoms with E-state index in [-0.39, 0.29) is 0 Å². The molecule has 0 aliphatic heterocycles. The van der Waals surface area contributed by atoms with Crippen LogP contribution in [0.25, 0.3) is 0 Å². The summed E-state index contributed by atoms with van der Waals surface area (Å²) in [5, 5.41) is 2.99. The first-order chi connectivity index (χ1) is 8.22. The molecule has 17 heavy (non-hydrogen) atoms. The van der Waals surface area contributed by atoms with Crippen LogP contribution in [-0.2, 0) is 0 Å². The van der Waals surface area contributed by atoms with Crippen molar-refractivity contribution < 1.29 is 4.74 Å². The predicted octanol–water partition coefficient (Wildman–Crippen LogP) is 2.14. The summed E-state index contributed by atoms with van der Waals surface area (Å²) in [6.45, 7) is 4.03. The molecule has 1 aromatic carbocycles. The van der Waals surface area contributed by atoms with Gasteiger partial charge in [-0.3, -0.25) is 4.99 Å². The molecule has 0 aliphatic rings. The van der Waals surface area contributed by atoms with Crippen LogP contribution >= 0.6 is 15.9 Å². The number of nitrogens with zero attached hydrogens (tertiary/aromatic N) is 1. The van der Waals surface area contributed by atoms with E-state index < -0.39 is 0 Å². The monoisotopic (exact) mass is 299 g/mol. The van der Waals surface area contributed by atoms with Crippen molar-refractivity contribution in [2.75, 3.05) is 19.7 Å². The average molecular weight is 300 g/mol. The minimum atomic E-state index is 0.478. The summed E-state index contributed by atoms with van der Waals surface area (Å²) in [4.78, 5) is 4.12. The maximum atomic E-state index is 5.64. The van der Waals surface area contributed by atoms with Gasteiger partial charge in [0.05, 0.1) is 6.54 Å². The number of guanidine groups is 1. The van der Waals surface area contributed by atoms with Gasteiger partial charge in [-0.1, -0.05) is 22.9 Å². The molecular formula is C12H18BrN3O. The Morgan fingerprint density at radius 3 is 2.76 bits per heavy atom. The number of nitrogens with one attached hydrogen (secondary N) is 1. The van der Waals surface area contributed by atoms with Crippen molar-refractivity contribution in [2.24, 2.45) is 10.7 Å². The molecule has 0 amide bonds. The highest BCUT2D eigenvalue weighted by Gasteiger charge is 1.94. The van der Waals surface area contributed by atoms with Gasteiger partial charge in [0.25, 0.3) is 0 Å². The molecule has 5 heteroatoms. The van der Waals surface area contributed by atoms with Crippen LogP contribution < -0.4 is 15.8 Å². The van der Waals surface area contributed by atoms with Crippen LogP contribution in [0.15, 0.2) is 33.7 Å². The lowest BCUT2D eigenvalue weighted by Gasteiger charge is -2.08. The van der Waals surface area contributed by atoms with Crippen molar-refractivity contribution in [2.45, 2.75) is 13.3 Å². The van der Waals surface area contributed by atoms with Crippen LogP contribution in [0.4, 0.5) is 0 Å². The predicted molar refractivity (Wildman–Crippen MR) is 74.4 cm³/mol. The lowest BCUT2D eigenvalue weighted by molar-refractivity contribution is 0.322. The van der Waals surface area contributed by atoms with Crippen molar-refractivity contribution in [3.63, 3.8) is 0 Å². The molecule has 0 radical (unpaired) electrons. The minimum absolute atomic E-state index is 0.478. The Balaban J connectivity index is 2.18. The molecule has 0 unspecified atom stereocenters. The number of rotatable bonds is 6. The number of aliphatic imine (C=N–C) groups is 1. The maximum absolute atomic E-state index is 5.64. The quantitative estimate of drug-likeness (QED) is 0.481. The van der Waals surface area contributed by atoms with Crippen LogP contribution in [0.2, 0.25) is 0 Å². The molecule has 1 rings (SSSR count). The molecule has 3 N–H and O–H groups in total. The summed E-state index contributed by atoms with van der Waals surface area (Å²) >= 11 is 3.37. The van der Waals surface area contributed by atoms with Crippen molar-refractivity contribution in [3.8, 4) is 5.75 Å². The summed E-state index contributed by atoms with van der Waals surface area (Å²) in [5.41, 5.74) is 5.64. The SMILES string of the molecule is CCCN=C(N)NCCOc1ccc(Br)cc1. The van der Waals surface area contributed by atoms with Crippen molar-refractivity contribution in [1.82, 2.24) is 5.32 Å². The van der Waals surface area contributed by atoms with Crippen molar-refractivity contribution in [1.29, 1.82) is 0 Å². The second-order valence-corrected chi connectivity index (χ2v) is 4.41. The molecule has 0 fully saturated rings. The lowest BCUT2D eigenvalue weighted by atomic mass is 10.3. The van der Waals surface area contributed by atoms with Gasteiger partial charge in [-0.15, -0.1) is 0 Å². The molecule has 0 aromatic heterocycles. The summed E-state index contributed by atoms with van der Waals surface area (Å²) < 4.78 is 6.56. The normalized spacial score (nSPS) is 11.3.